The van der Waals surface area contributed by atoms with Crippen molar-refractivity contribution in [2.45, 2.75) is 166 Å². The molecule has 7 N–H and O–H groups in total. The van der Waals surface area contributed by atoms with Gasteiger partial charge in [-0.15, -0.1) is 0 Å². The zero-order valence-electron chi connectivity index (χ0n) is 28.8. The monoisotopic (exact) mass is 630 g/mol. The number of ether oxygens (including phenoxy) is 1. The van der Waals surface area contributed by atoms with Gasteiger partial charge in [0.05, 0.1) is 29.1 Å². The molecule has 256 valence electrons. The van der Waals surface area contributed by atoms with Crippen LogP contribution in [0.25, 0.3) is 0 Å². The lowest BCUT2D eigenvalue weighted by Crippen LogP contribution is -2.62. The lowest BCUT2D eigenvalue weighted by atomic mass is 9.45. The minimum Gasteiger partial charge on any atom is -0.393 e. The number of hydrogen-bond donors (Lipinski definition) is 6. The van der Waals surface area contributed by atoms with Crippen LogP contribution in [0.3, 0.4) is 0 Å². The van der Waals surface area contributed by atoms with E-state index in [4.69, 9.17) is 10.5 Å². The van der Waals surface area contributed by atoms with Crippen molar-refractivity contribution < 1.29 is 30.0 Å². The average molecular weight is 631 g/mol. The summed E-state index contributed by atoms with van der Waals surface area (Å²) in [4.78, 5) is 13.6. The number of carbonyl (C=O) groups excluding carboxylic acids is 1. The molecular weight excluding hydrogens is 568 g/mol. The first-order valence-corrected chi connectivity index (χ1v) is 18.2. The number of rotatable bonds is 9. The Hall–Kier alpha value is -0.870. The predicted octanol–water partition coefficient (Wildman–Crippen LogP) is 4.36. The van der Waals surface area contributed by atoms with Crippen molar-refractivity contribution >= 4 is 5.78 Å². The Morgan fingerprint density at radius 3 is 2.42 bits per heavy atom. The van der Waals surface area contributed by atoms with Crippen LogP contribution in [-0.2, 0) is 9.53 Å². The topological polar surface area (TPSA) is 149 Å². The number of fused-ring (bicyclic) bond motifs is 5. The number of piperidine rings is 1. The second-order valence-corrected chi connectivity index (χ2v) is 17.7. The highest BCUT2D eigenvalue weighted by Gasteiger charge is 2.73. The third-order valence-electron chi connectivity index (χ3n) is 15.0. The van der Waals surface area contributed by atoms with E-state index < -0.39 is 45.9 Å². The van der Waals surface area contributed by atoms with Crippen LogP contribution in [0.5, 0.6) is 0 Å². The summed E-state index contributed by atoms with van der Waals surface area (Å²) in [5.74, 6) is 0.255. The lowest BCUT2D eigenvalue weighted by Gasteiger charge is -2.60. The fourth-order valence-corrected chi connectivity index (χ4v) is 11.5. The van der Waals surface area contributed by atoms with Gasteiger partial charge in [0, 0.05) is 11.3 Å². The molecule has 0 aromatic rings. The summed E-state index contributed by atoms with van der Waals surface area (Å²) in [6.45, 7) is 13.5. The van der Waals surface area contributed by atoms with Crippen LogP contribution in [0.2, 0.25) is 0 Å². The third-order valence-corrected chi connectivity index (χ3v) is 15.0. The van der Waals surface area contributed by atoms with Crippen molar-refractivity contribution in [2.75, 3.05) is 6.54 Å². The highest BCUT2D eigenvalue weighted by molar-refractivity contribution is 5.95. The van der Waals surface area contributed by atoms with Crippen LogP contribution in [0.15, 0.2) is 11.6 Å². The fraction of sp³-hybridized carbons (Fsp3) is 0.919. The van der Waals surface area contributed by atoms with Gasteiger partial charge >= 0.3 is 0 Å². The zero-order valence-corrected chi connectivity index (χ0v) is 28.8. The van der Waals surface area contributed by atoms with E-state index in [1.54, 1.807) is 6.08 Å². The van der Waals surface area contributed by atoms with E-state index >= 15 is 0 Å². The van der Waals surface area contributed by atoms with Gasteiger partial charge in [-0.3, -0.25) is 4.79 Å². The number of aliphatic hydroxyl groups excluding tert-OH is 1. The lowest BCUT2D eigenvalue weighted by molar-refractivity contribution is -0.157. The molecule has 0 aromatic heterocycles. The number of nitrogens with two attached hydrogens (primary N) is 1. The Kier molecular flexibility index (Phi) is 8.58. The molecule has 2 unspecified atom stereocenters. The van der Waals surface area contributed by atoms with E-state index in [2.05, 4.69) is 39.9 Å². The molecule has 6 rings (SSSR count). The van der Waals surface area contributed by atoms with Crippen LogP contribution in [-0.4, -0.2) is 74.0 Å². The molecule has 0 radical (unpaired) electrons. The number of carbonyl (C=O) groups is 1. The summed E-state index contributed by atoms with van der Waals surface area (Å²) in [6.07, 6.45) is 10.3. The standard InChI is InChI=1S/C37H62N2O6/c1-7-13-36(43,31-30(45-31)35(6,42)32(2,3)14-8-22-12-18-39-29(38)19-22)28-11-17-37(44)25-21-27(41)26-20-23(40)9-15-33(26,4)24(25)10-16-34(28,37)5/h21-24,26,28-31,39-40,42-44H,7-20,38H2,1-6H3/t22?,23-,24+,26+,28+,29?,30-,31+,33+,34+,35-,36+,37-/m0/s1. The van der Waals surface area contributed by atoms with E-state index in [1.165, 1.54) is 0 Å². The molecular formula is C37H62N2O6. The summed E-state index contributed by atoms with van der Waals surface area (Å²) < 4.78 is 6.38. The molecule has 2 heterocycles. The Labute approximate surface area is 270 Å². The Balaban J connectivity index is 1.24. The van der Waals surface area contributed by atoms with Gasteiger partial charge in [-0.25, -0.2) is 0 Å². The Morgan fingerprint density at radius 2 is 1.73 bits per heavy atom. The molecule has 3 saturated carbocycles. The van der Waals surface area contributed by atoms with Crippen molar-refractivity contribution in [1.82, 2.24) is 5.32 Å². The van der Waals surface area contributed by atoms with Gasteiger partial charge in [0.2, 0.25) is 0 Å². The minimum atomic E-state index is -1.20. The summed E-state index contributed by atoms with van der Waals surface area (Å²) in [5.41, 5.74) is 2.20. The quantitative estimate of drug-likeness (QED) is 0.206. The van der Waals surface area contributed by atoms with Crippen molar-refractivity contribution in [1.29, 1.82) is 0 Å². The minimum absolute atomic E-state index is 0.0383. The number of hydrogen-bond acceptors (Lipinski definition) is 8. The first-order valence-electron chi connectivity index (χ1n) is 18.2. The second kappa shape index (κ2) is 11.3. The van der Waals surface area contributed by atoms with E-state index in [9.17, 15) is 25.2 Å². The molecule has 0 aromatic carbocycles. The highest BCUT2D eigenvalue weighted by Crippen LogP contribution is 2.70. The van der Waals surface area contributed by atoms with Gasteiger partial charge in [-0.05, 0) is 131 Å². The molecule has 2 aliphatic heterocycles. The second-order valence-electron chi connectivity index (χ2n) is 17.7. The van der Waals surface area contributed by atoms with Crippen LogP contribution in [0.4, 0.5) is 0 Å². The van der Waals surface area contributed by atoms with Gasteiger partial charge in [0.1, 0.15) is 12.2 Å². The third kappa shape index (κ3) is 5.14. The van der Waals surface area contributed by atoms with E-state index in [-0.39, 0.29) is 35.1 Å². The van der Waals surface area contributed by atoms with E-state index in [0.717, 1.165) is 63.5 Å². The maximum absolute atomic E-state index is 13.6. The molecule has 0 spiro atoms. The van der Waals surface area contributed by atoms with Crippen LogP contribution in [0, 0.1) is 39.9 Å². The van der Waals surface area contributed by atoms with Crippen LogP contribution in [0.1, 0.15) is 125 Å². The van der Waals surface area contributed by atoms with E-state index in [0.29, 0.717) is 38.0 Å². The van der Waals surface area contributed by atoms with Crippen molar-refractivity contribution in [2.24, 2.45) is 45.7 Å². The molecule has 13 atom stereocenters. The van der Waals surface area contributed by atoms with Gasteiger partial charge in [0.15, 0.2) is 5.78 Å². The molecule has 0 bridgehead atoms. The van der Waals surface area contributed by atoms with Gasteiger partial charge in [-0.2, -0.15) is 0 Å². The maximum atomic E-state index is 13.6. The number of ketones is 1. The summed E-state index contributed by atoms with van der Waals surface area (Å²) >= 11 is 0. The first-order chi connectivity index (χ1) is 20.9. The Morgan fingerprint density at radius 1 is 1.00 bits per heavy atom. The Bertz CT molecular complexity index is 1190. The summed E-state index contributed by atoms with van der Waals surface area (Å²) in [7, 11) is 0. The first kappa shape index (κ1) is 34.0. The number of allylic oxidation sites excluding steroid dienone is 1. The zero-order chi connectivity index (χ0) is 32.8. The normalized spacial score (nSPS) is 47.5. The highest BCUT2D eigenvalue weighted by atomic mass is 16.6. The molecule has 6 aliphatic rings. The molecule has 5 fully saturated rings. The molecule has 2 saturated heterocycles. The van der Waals surface area contributed by atoms with Gasteiger partial charge in [0.25, 0.3) is 0 Å². The maximum Gasteiger partial charge on any atom is 0.159 e. The van der Waals surface area contributed by atoms with Gasteiger partial charge < -0.3 is 36.2 Å². The van der Waals surface area contributed by atoms with Crippen molar-refractivity contribution in [3.8, 4) is 0 Å². The molecule has 8 nitrogen and oxygen atoms in total. The smallest absolute Gasteiger partial charge is 0.159 e. The summed E-state index contributed by atoms with van der Waals surface area (Å²) in [5, 5.41) is 51.3. The average Bonchev–Trinajstić information content (AvgIpc) is 3.74. The van der Waals surface area contributed by atoms with Crippen LogP contribution >= 0.6 is 0 Å². The molecule has 4 aliphatic carbocycles. The van der Waals surface area contributed by atoms with E-state index in [1.807, 2.05) is 6.92 Å². The molecule has 0 amide bonds. The van der Waals surface area contributed by atoms with Crippen molar-refractivity contribution in [3.05, 3.63) is 11.6 Å². The number of nitrogens with one attached hydrogen (secondary N) is 1. The van der Waals surface area contributed by atoms with Crippen LogP contribution < -0.4 is 11.1 Å². The molecule has 8 heteroatoms. The van der Waals surface area contributed by atoms with Gasteiger partial charge in [-0.1, -0.05) is 41.0 Å². The predicted molar refractivity (Wildman–Crippen MR) is 174 cm³/mol. The SMILES string of the molecule is CCC[C@](O)([C@@H]1O[C@@H]1[C@](C)(O)C(C)(C)CCC1CCNC(N)C1)[C@@H]1CC[C@]2(O)C3=CC(=O)[C@H]4C[C@@H](O)CC[C@]4(C)[C@@H]3CC[C@]12C. The fourth-order valence-electron chi connectivity index (χ4n) is 11.5. The number of epoxide rings is 1. The molecule has 45 heavy (non-hydrogen) atoms. The van der Waals surface area contributed by atoms with Crippen molar-refractivity contribution in [3.63, 3.8) is 0 Å². The summed E-state index contributed by atoms with van der Waals surface area (Å²) in [6, 6.07) is 0. The largest absolute Gasteiger partial charge is 0.393 e. The number of aliphatic hydroxyl groups is 4.